The number of hydrogen-bond donors (Lipinski definition) is 2. The number of aromatic amines is 1. The second-order valence-electron chi connectivity index (χ2n) is 7.94. The van der Waals surface area contributed by atoms with Crippen LogP contribution in [-0.2, 0) is 11.3 Å². The number of methoxy groups -OCH3 is 1. The van der Waals surface area contributed by atoms with E-state index in [9.17, 15) is 9.59 Å². The van der Waals surface area contributed by atoms with Gasteiger partial charge in [0.2, 0.25) is 5.91 Å². The Labute approximate surface area is 196 Å². The number of hydrogen-bond acceptors (Lipinski definition) is 5. The van der Waals surface area contributed by atoms with Crippen molar-refractivity contribution in [2.45, 2.75) is 31.6 Å². The van der Waals surface area contributed by atoms with Gasteiger partial charge in [-0.2, -0.15) is 0 Å². The molecule has 0 fully saturated rings. The Kier molecular flexibility index (Phi) is 6.84. The van der Waals surface area contributed by atoms with Crippen molar-refractivity contribution in [1.29, 1.82) is 0 Å². The largest absolute Gasteiger partial charge is 0.497 e. The summed E-state index contributed by atoms with van der Waals surface area (Å²) in [6.45, 7) is 4.14. The third-order valence-electron chi connectivity index (χ3n) is 5.09. The molecular formula is C25H26N4O3S. The fourth-order valence-electron chi connectivity index (χ4n) is 3.61. The number of nitrogens with zero attached hydrogens (tertiary/aromatic N) is 2. The molecule has 0 spiro atoms. The number of carbonyl (C=O) groups is 1. The average molecular weight is 463 g/mol. The minimum atomic E-state index is -0.184. The van der Waals surface area contributed by atoms with Gasteiger partial charge in [0.1, 0.15) is 16.8 Å². The van der Waals surface area contributed by atoms with Gasteiger partial charge in [0.15, 0.2) is 5.16 Å². The van der Waals surface area contributed by atoms with Crippen LogP contribution in [0, 0.1) is 0 Å². The Morgan fingerprint density at radius 2 is 1.97 bits per heavy atom. The van der Waals surface area contributed by atoms with E-state index >= 15 is 0 Å². The highest BCUT2D eigenvalue weighted by Crippen LogP contribution is 2.28. The lowest BCUT2D eigenvalue weighted by Gasteiger charge is -2.14. The highest BCUT2D eigenvalue weighted by Gasteiger charge is 2.18. The lowest BCUT2D eigenvalue weighted by atomic mass is 10.1. The molecule has 7 nitrogen and oxygen atoms in total. The second kappa shape index (κ2) is 9.95. The maximum Gasteiger partial charge on any atom is 0.278 e. The van der Waals surface area contributed by atoms with E-state index in [1.54, 1.807) is 11.7 Å². The Balaban J connectivity index is 1.79. The van der Waals surface area contributed by atoms with Crippen LogP contribution in [0.15, 0.2) is 70.7 Å². The van der Waals surface area contributed by atoms with Crippen molar-refractivity contribution in [3.8, 4) is 16.9 Å². The lowest BCUT2D eigenvalue weighted by Crippen LogP contribution is -2.32. The zero-order valence-electron chi connectivity index (χ0n) is 18.8. The quantitative estimate of drug-likeness (QED) is 0.304. The molecule has 0 aliphatic carbocycles. The van der Waals surface area contributed by atoms with Crippen molar-refractivity contribution >= 4 is 28.7 Å². The number of aromatic nitrogens is 3. The third-order valence-corrected chi connectivity index (χ3v) is 6.07. The molecule has 0 saturated heterocycles. The van der Waals surface area contributed by atoms with E-state index in [4.69, 9.17) is 9.72 Å². The molecule has 2 aromatic carbocycles. The van der Waals surface area contributed by atoms with Crippen molar-refractivity contribution < 1.29 is 9.53 Å². The van der Waals surface area contributed by atoms with E-state index in [0.29, 0.717) is 28.5 Å². The first-order valence-corrected chi connectivity index (χ1v) is 11.7. The molecule has 170 valence electrons. The van der Waals surface area contributed by atoms with Crippen LogP contribution in [0.1, 0.15) is 19.4 Å². The fourth-order valence-corrected chi connectivity index (χ4v) is 4.41. The van der Waals surface area contributed by atoms with Gasteiger partial charge in [0.05, 0.1) is 19.4 Å². The molecule has 2 aromatic heterocycles. The molecule has 2 N–H and O–H groups in total. The molecule has 8 heteroatoms. The summed E-state index contributed by atoms with van der Waals surface area (Å²) in [7, 11) is 1.61. The number of amides is 1. The van der Waals surface area contributed by atoms with Crippen LogP contribution in [0.5, 0.6) is 5.75 Å². The van der Waals surface area contributed by atoms with Crippen molar-refractivity contribution in [1.82, 2.24) is 19.9 Å². The van der Waals surface area contributed by atoms with E-state index in [-0.39, 0.29) is 23.3 Å². The number of nitrogens with one attached hydrogen (secondary N) is 2. The van der Waals surface area contributed by atoms with E-state index in [1.807, 2.05) is 74.6 Å². The van der Waals surface area contributed by atoms with Gasteiger partial charge in [-0.05, 0) is 37.1 Å². The topological polar surface area (TPSA) is 89.0 Å². The summed E-state index contributed by atoms with van der Waals surface area (Å²) >= 11 is 1.26. The second-order valence-corrected chi connectivity index (χ2v) is 8.88. The smallest absolute Gasteiger partial charge is 0.278 e. The van der Waals surface area contributed by atoms with Gasteiger partial charge in [0, 0.05) is 17.8 Å². The van der Waals surface area contributed by atoms with E-state index in [1.165, 1.54) is 11.8 Å². The molecule has 4 aromatic rings. The number of ether oxygens (including phenoxy) is 1. The van der Waals surface area contributed by atoms with Gasteiger partial charge < -0.3 is 15.0 Å². The summed E-state index contributed by atoms with van der Waals surface area (Å²) < 4.78 is 6.93. The number of fused-ring (bicyclic) bond motifs is 1. The molecule has 0 atom stereocenters. The third kappa shape index (κ3) is 5.12. The molecule has 0 unspecified atom stereocenters. The summed E-state index contributed by atoms with van der Waals surface area (Å²) in [4.78, 5) is 33.8. The molecule has 0 bridgehead atoms. The lowest BCUT2D eigenvalue weighted by molar-refractivity contribution is -0.119. The minimum Gasteiger partial charge on any atom is -0.497 e. The Bertz CT molecular complexity index is 1330. The number of rotatable bonds is 8. The number of carbonyl (C=O) groups excluding carboxylic acids is 1. The normalized spacial score (nSPS) is 11.2. The van der Waals surface area contributed by atoms with E-state index in [2.05, 4.69) is 10.3 Å². The van der Waals surface area contributed by atoms with Crippen LogP contribution in [0.4, 0.5) is 0 Å². The van der Waals surface area contributed by atoms with Crippen LogP contribution < -0.4 is 15.6 Å². The van der Waals surface area contributed by atoms with Crippen LogP contribution >= 0.6 is 11.8 Å². The molecule has 0 aliphatic rings. The summed E-state index contributed by atoms with van der Waals surface area (Å²) in [5.74, 6) is 0.778. The van der Waals surface area contributed by atoms with Gasteiger partial charge >= 0.3 is 0 Å². The predicted octanol–water partition coefficient (Wildman–Crippen LogP) is 4.07. The monoisotopic (exact) mass is 462 g/mol. The minimum absolute atomic E-state index is 0.0434. The molecule has 0 radical (unpaired) electrons. The Morgan fingerprint density at radius 3 is 2.70 bits per heavy atom. The maximum absolute atomic E-state index is 13.5. The van der Waals surface area contributed by atoms with Crippen molar-refractivity contribution in [3.05, 3.63) is 76.7 Å². The number of benzene rings is 2. The first-order chi connectivity index (χ1) is 16.0. The average Bonchev–Trinajstić information content (AvgIpc) is 3.24. The first kappa shape index (κ1) is 22.7. The molecule has 1 amide bonds. The van der Waals surface area contributed by atoms with Gasteiger partial charge in [-0.3, -0.25) is 14.2 Å². The van der Waals surface area contributed by atoms with Gasteiger partial charge in [0.25, 0.3) is 5.56 Å². The Hall–Kier alpha value is -3.52. The molecule has 2 heterocycles. The molecule has 0 aliphatic heterocycles. The van der Waals surface area contributed by atoms with E-state index < -0.39 is 0 Å². The standard InChI is InChI=1S/C25H26N4O3S/c1-16(2)27-21(30)15-33-25-28-22-20(18-9-5-4-6-10-18)13-26-23(22)24(31)29(25)14-17-8-7-11-19(12-17)32-3/h4-13,16,26H,14-15H2,1-3H3,(H,27,30). The van der Waals surface area contributed by atoms with Gasteiger partial charge in [-0.25, -0.2) is 4.98 Å². The summed E-state index contributed by atoms with van der Waals surface area (Å²) in [6, 6.07) is 17.4. The Morgan fingerprint density at radius 1 is 1.18 bits per heavy atom. The van der Waals surface area contributed by atoms with E-state index in [0.717, 1.165) is 16.7 Å². The zero-order chi connectivity index (χ0) is 23.4. The summed E-state index contributed by atoms with van der Waals surface area (Å²) in [5, 5.41) is 3.38. The van der Waals surface area contributed by atoms with Crippen molar-refractivity contribution in [2.24, 2.45) is 0 Å². The van der Waals surface area contributed by atoms with Crippen molar-refractivity contribution in [2.75, 3.05) is 12.9 Å². The molecular weight excluding hydrogens is 436 g/mol. The number of H-pyrrole nitrogens is 1. The highest BCUT2D eigenvalue weighted by atomic mass is 32.2. The number of thioether (sulfide) groups is 1. The van der Waals surface area contributed by atoms with Crippen LogP contribution in [0.3, 0.4) is 0 Å². The molecule has 33 heavy (non-hydrogen) atoms. The first-order valence-electron chi connectivity index (χ1n) is 10.7. The highest BCUT2D eigenvalue weighted by molar-refractivity contribution is 7.99. The summed E-state index contributed by atoms with van der Waals surface area (Å²) in [5.41, 5.74) is 3.57. The fraction of sp³-hybridized carbons (Fsp3) is 0.240. The van der Waals surface area contributed by atoms with Gasteiger partial charge in [-0.15, -0.1) is 0 Å². The maximum atomic E-state index is 13.5. The predicted molar refractivity (Wildman–Crippen MR) is 132 cm³/mol. The molecule has 0 saturated carbocycles. The summed E-state index contributed by atoms with van der Waals surface area (Å²) in [6.07, 6.45) is 1.81. The SMILES string of the molecule is COc1cccc(Cn2c(SCC(=O)NC(C)C)nc3c(-c4ccccc4)c[nH]c3c2=O)c1. The zero-order valence-corrected chi connectivity index (χ0v) is 19.6. The van der Waals surface area contributed by atoms with Gasteiger partial charge in [-0.1, -0.05) is 54.2 Å². The van der Waals surface area contributed by atoms with Crippen molar-refractivity contribution in [3.63, 3.8) is 0 Å². The van der Waals surface area contributed by atoms with Crippen LogP contribution in [0.2, 0.25) is 0 Å². The van der Waals surface area contributed by atoms with Crippen LogP contribution in [-0.4, -0.2) is 39.3 Å². The van der Waals surface area contributed by atoms with Crippen LogP contribution in [0.25, 0.3) is 22.2 Å². The molecule has 4 rings (SSSR count).